The Morgan fingerprint density at radius 3 is 1.06 bits per heavy atom. The number of fused-ring (bicyclic) bond motifs is 6. The number of para-hydroxylation sites is 4. The molecular formula is C48H32N2. The summed E-state index contributed by atoms with van der Waals surface area (Å²) in [7, 11) is 0. The lowest BCUT2D eigenvalue weighted by molar-refractivity contribution is 1.18. The van der Waals surface area contributed by atoms with Gasteiger partial charge in [0.15, 0.2) is 0 Å². The molecule has 0 fully saturated rings. The Morgan fingerprint density at radius 1 is 0.240 bits per heavy atom. The van der Waals surface area contributed by atoms with Crippen molar-refractivity contribution in [2.24, 2.45) is 0 Å². The maximum Gasteiger partial charge on any atom is 0.0541 e. The second kappa shape index (κ2) is 11.5. The van der Waals surface area contributed by atoms with Crippen molar-refractivity contribution in [2.75, 3.05) is 0 Å². The highest BCUT2D eigenvalue weighted by atomic mass is 15.0. The van der Waals surface area contributed by atoms with Crippen molar-refractivity contribution in [2.45, 2.75) is 0 Å². The molecule has 2 heteroatoms. The van der Waals surface area contributed by atoms with E-state index in [0.29, 0.717) is 0 Å². The Hall–Kier alpha value is -6.64. The molecule has 0 atom stereocenters. The van der Waals surface area contributed by atoms with E-state index in [-0.39, 0.29) is 0 Å². The molecule has 8 aromatic carbocycles. The van der Waals surface area contributed by atoms with Gasteiger partial charge in [0.25, 0.3) is 0 Å². The number of hydrogen-bond acceptors (Lipinski definition) is 0. The van der Waals surface area contributed by atoms with Gasteiger partial charge in [-0.15, -0.1) is 0 Å². The molecule has 2 heterocycles. The summed E-state index contributed by atoms with van der Waals surface area (Å²) in [5.41, 5.74) is 14.4. The van der Waals surface area contributed by atoms with Gasteiger partial charge < -0.3 is 9.13 Å². The molecule has 2 aromatic heterocycles. The maximum absolute atomic E-state index is 2.38. The van der Waals surface area contributed by atoms with Crippen molar-refractivity contribution in [3.63, 3.8) is 0 Å². The number of aromatic nitrogens is 2. The molecule has 0 N–H and O–H groups in total. The van der Waals surface area contributed by atoms with Crippen LogP contribution in [-0.4, -0.2) is 9.13 Å². The van der Waals surface area contributed by atoms with E-state index in [1.54, 1.807) is 0 Å². The predicted molar refractivity (Wildman–Crippen MR) is 211 cm³/mol. The lowest BCUT2D eigenvalue weighted by atomic mass is 9.91. The van der Waals surface area contributed by atoms with Crippen LogP contribution in [0, 0.1) is 0 Å². The lowest BCUT2D eigenvalue weighted by Crippen LogP contribution is -1.94. The van der Waals surface area contributed by atoms with Crippen LogP contribution in [0.25, 0.3) is 88.4 Å². The normalized spacial score (nSPS) is 11.6. The Kier molecular flexibility index (Phi) is 6.53. The third kappa shape index (κ3) is 4.50. The molecule has 10 aromatic rings. The molecular weight excluding hydrogens is 605 g/mol. The van der Waals surface area contributed by atoms with Crippen molar-refractivity contribution in [1.82, 2.24) is 9.13 Å². The van der Waals surface area contributed by atoms with E-state index in [0.717, 1.165) is 11.4 Å². The lowest BCUT2D eigenvalue weighted by Gasteiger charge is -2.15. The highest BCUT2D eigenvalue weighted by Gasteiger charge is 2.15. The average molecular weight is 637 g/mol. The number of benzene rings is 8. The molecule has 0 spiro atoms. The van der Waals surface area contributed by atoms with E-state index in [9.17, 15) is 0 Å². The summed E-state index contributed by atoms with van der Waals surface area (Å²) in [6.07, 6.45) is 0. The Balaban J connectivity index is 1.07. The summed E-state index contributed by atoms with van der Waals surface area (Å²) in [5, 5.41) is 5.10. The third-order valence-electron chi connectivity index (χ3n) is 10.2. The molecule has 50 heavy (non-hydrogen) atoms. The molecule has 0 radical (unpaired) electrons. The molecule has 0 aliphatic carbocycles. The molecule has 0 aliphatic heterocycles. The van der Waals surface area contributed by atoms with E-state index in [2.05, 4.69) is 203 Å². The van der Waals surface area contributed by atoms with Crippen LogP contribution in [0.15, 0.2) is 194 Å². The van der Waals surface area contributed by atoms with Crippen LogP contribution in [0.3, 0.4) is 0 Å². The molecule has 0 saturated carbocycles. The van der Waals surface area contributed by atoms with Gasteiger partial charge in [0.2, 0.25) is 0 Å². The smallest absolute Gasteiger partial charge is 0.0541 e. The largest absolute Gasteiger partial charge is 0.309 e. The fraction of sp³-hybridized carbons (Fsp3) is 0. The summed E-state index contributed by atoms with van der Waals surface area (Å²) < 4.78 is 4.75. The second-order valence-electron chi connectivity index (χ2n) is 13.0. The molecule has 0 unspecified atom stereocenters. The Labute approximate surface area is 290 Å². The van der Waals surface area contributed by atoms with Crippen molar-refractivity contribution in [3.05, 3.63) is 194 Å². The van der Waals surface area contributed by atoms with Crippen LogP contribution >= 0.6 is 0 Å². The molecule has 234 valence electrons. The SMILES string of the molecule is c1ccc(-c2ccc(-c3ccc(-n4c5ccccc5c5ccccc54)cc3)cc2-c2ccc(-n3c4ccccc4c4ccccc43)cc2)cc1. The Bertz CT molecular complexity index is 2730. The highest BCUT2D eigenvalue weighted by molar-refractivity contribution is 6.10. The summed E-state index contributed by atoms with van der Waals surface area (Å²) in [6, 6.07) is 70.4. The summed E-state index contributed by atoms with van der Waals surface area (Å²) in [6.45, 7) is 0. The van der Waals surface area contributed by atoms with Crippen molar-refractivity contribution in [1.29, 1.82) is 0 Å². The summed E-state index contributed by atoms with van der Waals surface area (Å²) in [4.78, 5) is 0. The minimum atomic E-state index is 1.16. The molecule has 0 bridgehead atoms. The zero-order chi connectivity index (χ0) is 33.0. The first-order chi connectivity index (χ1) is 24.8. The zero-order valence-corrected chi connectivity index (χ0v) is 27.4. The first-order valence-corrected chi connectivity index (χ1v) is 17.2. The fourth-order valence-corrected chi connectivity index (χ4v) is 7.83. The van der Waals surface area contributed by atoms with Crippen LogP contribution in [0.5, 0.6) is 0 Å². The van der Waals surface area contributed by atoms with Gasteiger partial charge in [-0.3, -0.25) is 0 Å². The van der Waals surface area contributed by atoms with Crippen LogP contribution in [0.4, 0.5) is 0 Å². The van der Waals surface area contributed by atoms with E-state index >= 15 is 0 Å². The van der Waals surface area contributed by atoms with Gasteiger partial charge in [-0.2, -0.15) is 0 Å². The third-order valence-corrected chi connectivity index (χ3v) is 10.2. The highest BCUT2D eigenvalue weighted by Crippen LogP contribution is 2.38. The summed E-state index contributed by atoms with van der Waals surface area (Å²) in [5.74, 6) is 0. The van der Waals surface area contributed by atoms with Crippen molar-refractivity contribution in [3.8, 4) is 44.8 Å². The van der Waals surface area contributed by atoms with Crippen LogP contribution < -0.4 is 0 Å². The van der Waals surface area contributed by atoms with Gasteiger partial charge in [-0.25, -0.2) is 0 Å². The van der Waals surface area contributed by atoms with Crippen LogP contribution in [-0.2, 0) is 0 Å². The van der Waals surface area contributed by atoms with Gasteiger partial charge >= 0.3 is 0 Å². The van der Waals surface area contributed by atoms with E-state index in [1.165, 1.54) is 77.0 Å². The molecule has 2 nitrogen and oxygen atoms in total. The molecule has 0 aliphatic rings. The van der Waals surface area contributed by atoms with Gasteiger partial charge in [0.05, 0.1) is 22.1 Å². The average Bonchev–Trinajstić information content (AvgIpc) is 3.71. The monoisotopic (exact) mass is 636 g/mol. The minimum Gasteiger partial charge on any atom is -0.309 e. The predicted octanol–water partition coefficient (Wildman–Crippen LogP) is 12.9. The molecule has 0 saturated heterocycles. The van der Waals surface area contributed by atoms with E-state index < -0.39 is 0 Å². The van der Waals surface area contributed by atoms with Gasteiger partial charge in [0, 0.05) is 32.9 Å². The van der Waals surface area contributed by atoms with Gasteiger partial charge in [-0.1, -0.05) is 140 Å². The maximum atomic E-state index is 2.38. The van der Waals surface area contributed by atoms with Crippen LogP contribution in [0.2, 0.25) is 0 Å². The first-order valence-electron chi connectivity index (χ1n) is 17.2. The number of hydrogen-bond donors (Lipinski definition) is 0. The summed E-state index contributed by atoms with van der Waals surface area (Å²) >= 11 is 0. The molecule has 0 amide bonds. The van der Waals surface area contributed by atoms with Gasteiger partial charge in [0.1, 0.15) is 0 Å². The topological polar surface area (TPSA) is 9.86 Å². The number of rotatable bonds is 5. The zero-order valence-electron chi connectivity index (χ0n) is 27.4. The molecule has 10 rings (SSSR count). The second-order valence-corrected chi connectivity index (χ2v) is 13.0. The van der Waals surface area contributed by atoms with E-state index in [4.69, 9.17) is 0 Å². The first kappa shape index (κ1) is 28.4. The van der Waals surface area contributed by atoms with Crippen molar-refractivity contribution >= 4 is 43.6 Å². The minimum absolute atomic E-state index is 1.16. The number of nitrogens with zero attached hydrogens (tertiary/aromatic N) is 2. The quantitative estimate of drug-likeness (QED) is 0.178. The standard InChI is InChI=1S/C48H32N2/c1-2-12-34(13-3-1)39-31-26-36(33-22-27-37(28-23-33)49-45-18-8-4-14-40(45)41-15-5-9-19-46(41)49)32-44(39)35-24-29-38(30-25-35)50-47-20-10-6-16-42(47)43-17-7-11-21-48(43)50/h1-32H. The van der Waals surface area contributed by atoms with Gasteiger partial charge in [-0.05, 0) is 88.0 Å². The van der Waals surface area contributed by atoms with E-state index in [1.807, 2.05) is 0 Å². The Morgan fingerprint density at radius 2 is 0.600 bits per heavy atom. The van der Waals surface area contributed by atoms with Crippen LogP contribution in [0.1, 0.15) is 0 Å². The van der Waals surface area contributed by atoms with Crippen molar-refractivity contribution < 1.29 is 0 Å². The fourth-order valence-electron chi connectivity index (χ4n) is 7.83.